The van der Waals surface area contributed by atoms with Crippen molar-refractivity contribution in [1.82, 2.24) is 10.6 Å². The highest BCUT2D eigenvalue weighted by Gasteiger charge is 2.28. The average molecular weight is 224 g/mol. The second kappa shape index (κ2) is 5.67. The van der Waals surface area contributed by atoms with Crippen molar-refractivity contribution in [3.05, 3.63) is 0 Å². The van der Waals surface area contributed by atoms with Crippen LogP contribution < -0.4 is 10.6 Å². The molecule has 1 aliphatic carbocycles. The Kier molecular flexibility index (Phi) is 4.22. The SMILES string of the molecule is CCC1CCNCC1NC(=O)C1CCCC1. The van der Waals surface area contributed by atoms with Crippen LogP contribution in [0.3, 0.4) is 0 Å². The highest BCUT2D eigenvalue weighted by molar-refractivity contribution is 5.79. The summed E-state index contributed by atoms with van der Waals surface area (Å²) >= 11 is 0. The molecule has 1 heterocycles. The number of piperidine rings is 1. The van der Waals surface area contributed by atoms with E-state index in [4.69, 9.17) is 0 Å². The molecule has 0 aromatic carbocycles. The van der Waals surface area contributed by atoms with Gasteiger partial charge in [-0.05, 0) is 31.7 Å². The topological polar surface area (TPSA) is 41.1 Å². The fraction of sp³-hybridized carbons (Fsp3) is 0.923. The predicted molar refractivity (Wildman–Crippen MR) is 65.2 cm³/mol. The molecule has 1 amide bonds. The largest absolute Gasteiger partial charge is 0.352 e. The molecule has 0 aromatic heterocycles. The number of hydrogen-bond acceptors (Lipinski definition) is 2. The van der Waals surface area contributed by atoms with Gasteiger partial charge in [0.05, 0.1) is 0 Å². The number of rotatable bonds is 3. The highest BCUT2D eigenvalue weighted by atomic mass is 16.1. The van der Waals surface area contributed by atoms with Crippen LogP contribution in [0.15, 0.2) is 0 Å². The van der Waals surface area contributed by atoms with Crippen LogP contribution in [0, 0.1) is 11.8 Å². The van der Waals surface area contributed by atoms with E-state index in [1.54, 1.807) is 0 Å². The normalized spacial score (nSPS) is 31.6. The Morgan fingerprint density at radius 2 is 2.06 bits per heavy atom. The van der Waals surface area contributed by atoms with Gasteiger partial charge >= 0.3 is 0 Å². The Morgan fingerprint density at radius 3 is 2.75 bits per heavy atom. The van der Waals surface area contributed by atoms with Crippen LogP contribution in [0.1, 0.15) is 45.4 Å². The fourth-order valence-corrected chi connectivity index (χ4v) is 3.06. The quantitative estimate of drug-likeness (QED) is 0.766. The van der Waals surface area contributed by atoms with Gasteiger partial charge in [0, 0.05) is 18.5 Å². The van der Waals surface area contributed by atoms with Crippen molar-refractivity contribution in [3.8, 4) is 0 Å². The predicted octanol–water partition coefficient (Wildman–Crippen LogP) is 1.68. The van der Waals surface area contributed by atoms with Gasteiger partial charge < -0.3 is 10.6 Å². The molecule has 2 aliphatic rings. The summed E-state index contributed by atoms with van der Waals surface area (Å²) in [6, 6.07) is 0.367. The van der Waals surface area contributed by atoms with Gasteiger partial charge in [0.15, 0.2) is 0 Å². The van der Waals surface area contributed by atoms with Crippen molar-refractivity contribution in [1.29, 1.82) is 0 Å². The zero-order chi connectivity index (χ0) is 11.4. The van der Waals surface area contributed by atoms with Crippen molar-refractivity contribution in [3.63, 3.8) is 0 Å². The molecule has 0 aromatic rings. The summed E-state index contributed by atoms with van der Waals surface area (Å²) in [6.45, 7) is 4.29. The Morgan fingerprint density at radius 1 is 1.31 bits per heavy atom. The second-order valence-corrected chi connectivity index (χ2v) is 5.26. The van der Waals surface area contributed by atoms with Crippen molar-refractivity contribution >= 4 is 5.91 Å². The first-order valence-electron chi connectivity index (χ1n) is 6.82. The number of amides is 1. The summed E-state index contributed by atoms with van der Waals surface area (Å²) in [4.78, 5) is 12.0. The second-order valence-electron chi connectivity index (χ2n) is 5.26. The van der Waals surface area contributed by atoms with Crippen molar-refractivity contribution in [2.45, 2.75) is 51.5 Å². The molecule has 2 fully saturated rings. The summed E-state index contributed by atoms with van der Waals surface area (Å²) in [5.74, 6) is 1.29. The van der Waals surface area contributed by atoms with E-state index in [0.29, 0.717) is 23.8 Å². The van der Waals surface area contributed by atoms with Gasteiger partial charge in [-0.2, -0.15) is 0 Å². The monoisotopic (exact) mass is 224 g/mol. The summed E-state index contributed by atoms with van der Waals surface area (Å²) < 4.78 is 0. The third-order valence-electron chi connectivity index (χ3n) is 4.20. The maximum absolute atomic E-state index is 12.0. The molecule has 3 heteroatoms. The molecule has 92 valence electrons. The van der Waals surface area contributed by atoms with Crippen molar-refractivity contribution in [2.75, 3.05) is 13.1 Å². The first-order valence-corrected chi connectivity index (χ1v) is 6.82. The maximum Gasteiger partial charge on any atom is 0.223 e. The molecule has 16 heavy (non-hydrogen) atoms. The molecule has 1 saturated carbocycles. The van der Waals surface area contributed by atoms with Gasteiger partial charge in [-0.25, -0.2) is 0 Å². The molecule has 2 N–H and O–H groups in total. The minimum atomic E-state index is 0.305. The maximum atomic E-state index is 12.0. The van der Waals surface area contributed by atoms with Crippen molar-refractivity contribution < 1.29 is 4.79 Å². The molecule has 0 spiro atoms. The van der Waals surface area contributed by atoms with Crippen LogP contribution in [0.4, 0.5) is 0 Å². The van der Waals surface area contributed by atoms with E-state index in [1.807, 2.05) is 0 Å². The molecule has 1 aliphatic heterocycles. The third-order valence-corrected chi connectivity index (χ3v) is 4.20. The van der Waals surface area contributed by atoms with E-state index in [-0.39, 0.29) is 0 Å². The van der Waals surface area contributed by atoms with E-state index in [1.165, 1.54) is 25.7 Å². The molecule has 3 nitrogen and oxygen atoms in total. The molecule has 2 atom stereocenters. The molecule has 0 bridgehead atoms. The van der Waals surface area contributed by atoms with E-state index >= 15 is 0 Å². The van der Waals surface area contributed by atoms with Crippen LogP contribution in [-0.2, 0) is 4.79 Å². The number of carbonyl (C=O) groups is 1. The van der Waals surface area contributed by atoms with Crippen LogP contribution in [-0.4, -0.2) is 25.0 Å². The molecule has 0 radical (unpaired) electrons. The van der Waals surface area contributed by atoms with Crippen LogP contribution >= 0.6 is 0 Å². The lowest BCUT2D eigenvalue weighted by Gasteiger charge is -2.32. The fourth-order valence-electron chi connectivity index (χ4n) is 3.06. The van der Waals surface area contributed by atoms with Gasteiger partial charge in [-0.1, -0.05) is 26.2 Å². The van der Waals surface area contributed by atoms with E-state index < -0.39 is 0 Å². The smallest absolute Gasteiger partial charge is 0.223 e. The number of hydrogen-bond donors (Lipinski definition) is 2. The first kappa shape index (κ1) is 11.9. The molecule has 2 rings (SSSR count). The Hall–Kier alpha value is -0.570. The number of carbonyl (C=O) groups excluding carboxylic acids is 1. The van der Waals surface area contributed by atoms with Gasteiger partial charge in [0.2, 0.25) is 5.91 Å². The summed E-state index contributed by atoms with van der Waals surface area (Å²) in [5.41, 5.74) is 0. The average Bonchev–Trinajstić information content (AvgIpc) is 2.83. The first-order chi connectivity index (χ1) is 7.81. The Bertz CT molecular complexity index is 236. The Balaban J connectivity index is 1.84. The van der Waals surface area contributed by atoms with E-state index in [0.717, 1.165) is 25.9 Å². The van der Waals surface area contributed by atoms with Gasteiger partial charge in [-0.3, -0.25) is 4.79 Å². The zero-order valence-electron chi connectivity index (χ0n) is 10.3. The van der Waals surface area contributed by atoms with E-state index in [9.17, 15) is 4.79 Å². The Labute approximate surface area is 98.4 Å². The summed E-state index contributed by atoms with van der Waals surface area (Å²) in [7, 11) is 0. The molecule has 2 unspecified atom stereocenters. The molecule has 1 saturated heterocycles. The van der Waals surface area contributed by atoms with Crippen LogP contribution in [0.2, 0.25) is 0 Å². The highest BCUT2D eigenvalue weighted by Crippen LogP contribution is 2.25. The van der Waals surface area contributed by atoms with Crippen LogP contribution in [0.25, 0.3) is 0 Å². The minimum Gasteiger partial charge on any atom is -0.352 e. The van der Waals surface area contributed by atoms with Crippen molar-refractivity contribution in [2.24, 2.45) is 11.8 Å². The molecular formula is C13H24N2O. The van der Waals surface area contributed by atoms with Gasteiger partial charge in [0.1, 0.15) is 0 Å². The summed E-state index contributed by atoms with van der Waals surface area (Å²) in [6.07, 6.45) is 7.05. The van der Waals surface area contributed by atoms with E-state index in [2.05, 4.69) is 17.6 Å². The lowest BCUT2D eigenvalue weighted by Crippen LogP contribution is -2.52. The zero-order valence-corrected chi connectivity index (χ0v) is 10.3. The van der Waals surface area contributed by atoms with Gasteiger partial charge in [0.25, 0.3) is 0 Å². The third kappa shape index (κ3) is 2.76. The molecular weight excluding hydrogens is 200 g/mol. The van der Waals surface area contributed by atoms with Gasteiger partial charge in [-0.15, -0.1) is 0 Å². The standard InChI is InChI=1S/C13H24N2O/c1-2-10-7-8-14-9-12(10)15-13(16)11-5-3-4-6-11/h10-12,14H,2-9H2,1H3,(H,15,16). The van der Waals surface area contributed by atoms with Crippen LogP contribution in [0.5, 0.6) is 0 Å². The lowest BCUT2D eigenvalue weighted by molar-refractivity contribution is -0.126. The minimum absolute atomic E-state index is 0.305. The summed E-state index contributed by atoms with van der Waals surface area (Å²) in [5, 5.41) is 6.64. The number of nitrogens with one attached hydrogen (secondary N) is 2. The lowest BCUT2D eigenvalue weighted by atomic mass is 9.90.